The minimum Gasteiger partial charge on any atom is -0.342 e. The van der Waals surface area contributed by atoms with Crippen molar-refractivity contribution in [3.05, 3.63) is 114 Å². The molecule has 0 radical (unpaired) electrons. The average Bonchev–Trinajstić information content (AvgIpc) is 3.25. The van der Waals surface area contributed by atoms with E-state index < -0.39 is 0 Å². The summed E-state index contributed by atoms with van der Waals surface area (Å²) in [6, 6.07) is 26.1. The molecule has 0 aliphatic rings. The maximum atomic E-state index is 12.7. The van der Waals surface area contributed by atoms with Crippen molar-refractivity contribution in [2.75, 3.05) is 13.6 Å². The Morgan fingerprint density at radius 3 is 2.41 bits per heavy atom. The van der Waals surface area contributed by atoms with Crippen molar-refractivity contribution in [3.63, 3.8) is 0 Å². The van der Waals surface area contributed by atoms with Crippen LogP contribution < -0.4 is 0 Å². The van der Waals surface area contributed by atoms with E-state index in [1.165, 1.54) is 5.56 Å². The van der Waals surface area contributed by atoms with Gasteiger partial charge in [0.15, 0.2) is 0 Å². The van der Waals surface area contributed by atoms with Gasteiger partial charge in [0.25, 0.3) is 0 Å². The summed E-state index contributed by atoms with van der Waals surface area (Å²) in [6.07, 6.45) is 7.97. The zero-order valence-corrected chi connectivity index (χ0v) is 18.1. The number of rotatable bonds is 8. The lowest BCUT2D eigenvalue weighted by molar-refractivity contribution is -0.124. The van der Waals surface area contributed by atoms with E-state index in [1.54, 1.807) is 17.2 Å². The van der Waals surface area contributed by atoms with Gasteiger partial charge in [0.1, 0.15) is 0 Å². The molecule has 0 aliphatic carbocycles. The van der Waals surface area contributed by atoms with Crippen LogP contribution in [0.4, 0.5) is 0 Å². The van der Waals surface area contributed by atoms with Gasteiger partial charge in [0, 0.05) is 55.3 Å². The first-order valence-corrected chi connectivity index (χ1v) is 10.7. The quantitative estimate of drug-likeness (QED) is 0.387. The van der Waals surface area contributed by atoms with Crippen molar-refractivity contribution in [2.45, 2.75) is 13.0 Å². The summed E-state index contributed by atoms with van der Waals surface area (Å²) in [5.41, 5.74) is 4.95. The van der Waals surface area contributed by atoms with E-state index in [2.05, 4.69) is 17.1 Å². The third-order valence-electron chi connectivity index (χ3n) is 5.24. The second-order valence-electron chi connectivity index (χ2n) is 7.65. The molecule has 2 heterocycles. The lowest BCUT2D eigenvalue weighted by atomic mass is 10.1. The normalized spacial score (nSPS) is 11.0. The van der Waals surface area contributed by atoms with Crippen LogP contribution in [0.1, 0.15) is 16.8 Å². The highest BCUT2D eigenvalue weighted by Crippen LogP contribution is 2.23. The molecule has 0 spiro atoms. The topological polar surface area (TPSA) is 51.0 Å². The Morgan fingerprint density at radius 2 is 1.69 bits per heavy atom. The van der Waals surface area contributed by atoms with E-state index in [1.807, 2.05) is 90.7 Å². The van der Waals surface area contributed by atoms with Crippen LogP contribution in [0.3, 0.4) is 0 Å². The molecule has 2 aromatic heterocycles. The van der Waals surface area contributed by atoms with E-state index >= 15 is 0 Å². The van der Waals surface area contributed by atoms with Crippen LogP contribution in [-0.4, -0.2) is 39.2 Å². The Kier molecular flexibility index (Phi) is 6.88. The first-order chi connectivity index (χ1) is 15.7. The van der Waals surface area contributed by atoms with Crippen LogP contribution in [0.2, 0.25) is 0 Å². The molecule has 160 valence electrons. The van der Waals surface area contributed by atoms with Crippen molar-refractivity contribution in [1.29, 1.82) is 0 Å². The van der Waals surface area contributed by atoms with Crippen LogP contribution in [0.25, 0.3) is 17.3 Å². The largest absolute Gasteiger partial charge is 0.342 e. The summed E-state index contributed by atoms with van der Waals surface area (Å²) in [4.78, 5) is 18.7. The van der Waals surface area contributed by atoms with Gasteiger partial charge < -0.3 is 4.90 Å². The summed E-state index contributed by atoms with van der Waals surface area (Å²) < 4.78 is 1.92. The number of aromatic nitrogens is 3. The zero-order chi connectivity index (χ0) is 22.2. The number of pyridine rings is 1. The van der Waals surface area contributed by atoms with Gasteiger partial charge >= 0.3 is 0 Å². The number of benzene rings is 2. The van der Waals surface area contributed by atoms with Crippen molar-refractivity contribution < 1.29 is 4.79 Å². The van der Waals surface area contributed by atoms with Crippen LogP contribution in [-0.2, 0) is 17.8 Å². The van der Waals surface area contributed by atoms with E-state index in [4.69, 9.17) is 5.10 Å². The standard InChI is InChI=1S/C27H26N4O/c1-30(19-17-25-14-8-9-18-28-25)26(32)16-15-24-21-31(20-22-10-4-2-5-11-22)29-27(24)23-12-6-3-7-13-23/h2-16,18,21H,17,19-20H2,1H3/b16-15+. The fourth-order valence-corrected chi connectivity index (χ4v) is 3.46. The molecule has 0 aliphatic heterocycles. The molecule has 2 aromatic carbocycles. The van der Waals surface area contributed by atoms with Gasteiger partial charge in [0.05, 0.1) is 12.2 Å². The minimum absolute atomic E-state index is 0.0456. The Balaban J connectivity index is 1.50. The molecule has 4 aromatic rings. The van der Waals surface area contributed by atoms with Gasteiger partial charge in [-0.3, -0.25) is 14.5 Å². The third kappa shape index (κ3) is 5.58. The first-order valence-electron chi connectivity index (χ1n) is 10.7. The molecule has 5 nitrogen and oxygen atoms in total. The fourth-order valence-electron chi connectivity index (χ4n) is 3.46. The molecule has 0 bridgehead atoms. The van der Waals surface area contributed by atoms with E-state index in [0.717, 1.165) is 28.9 Å². The molecule has 0 saturated heterocycles. The Morgan fingerprint density at radius 1 is 0.969 bits per heavy atom. The summed E-state index contributed by atoms with van der Waals surface area (Å²) in [5.74, 6) is -0.0456. The van der Waals surface area contributed by atoms with Gasteiger partial charge in [-0.25, -0.2) is 0 Å². The summed E-state index contributed by atoms with van der Waals surface area (Å²) in [7, 11) is 1.81. The molecule has 0 unspecified atom stereocenters. The van der Waals surface area contributed by atoms with E-state index in [9.17, 15) is 4.79 Å². The lowest BCUT2D eigenvalue weighted by Crippen LogP contribution is -2.27. The monoisotopic (exact) mass is 422 g/mol. The van der Waals surface area contributed by atoms with Crippen LogP contribution in [0.15, 0.2) is 97.3 Å². The highest BCUT2D eigenvalue weighted by Gasteiger charge is 2.11. The lowest BCUT2D eigenvalue weighted by Gasteiger charge is -2.14. The van der Waals surface area contributed by atoms with Crippen molar-refractivity contribution >= 4 is 12.0 Å². The molecule has 0 saturated carbocycles. The number of nitrogens with zero attached hydrogens (tertiary/aromatic N) is 4. The van der Waals surface area contributed by atoms with Crippen molar-refractivity contribution in [1.82, 2.24) is 19.7 Å². The molecule has 5 heteroatoms. The third-order valence-corrected chi connectivity index (χ3v) is 5.24. The molecular weight excluding hydrogens is 396 g/mol. The molecule has 1 amide bonds. The maximum Gasteiger partial charge on any atom is 0.246 e. The number of hydrogen-bond acceptors (Lipinski definition) is 3. The van der Waals surface area contributed by atoms with Gasteiger partial charge in [-0.15, -0.1) is 0 Å². The average molecular weight is 423 g/mol. The molecule has 32 heavy (non-hydrogen) atoms. The Bertz CT molecular complexity index is 1170. The number of amides is 1. The highest BCUT2D eigenvalue weighted by molar-refractivity contribution is 5.92. The van der Waals surface area contributed by atoms with Crippen LogP contribution in [0, 0.1) is 0 Å². The van der Waals surface area contributed by atoms with E-state index in [-0.39, 0.29) is 5.91 Å². The molecule has 0 atom stereocenters. The van der Waals surface area contributed by atoms with Crippen molar-refractivity contribution in [2.24, 2.45) is 0 Å². The van der Waals surface area contributed by atoms with Gasteiger partial charge in [-0.05, 0) is 23.8 Å². The first kappa shape index (κ1) is 21.2. The summed E-state index contributed by atoms with van der Waals surface area (Å²) in [5, 5.41) is 4.81. The highest BCUT2D eigenvalue weighted by atomic mass is 16.2. The SMILES string of the molecule is CN(CCc1ccccn1)C(=O)/C=C/c1cn(Cc2ccccc2)nc1-c1ccccc1. The fraction of sp³-hybridized carbons (Fsp3) is 0.148. The van der Waals surface area contributed by atoms with Gasteiger partial charge in [-0.2, -0.15) is 5.10 Å². The van der Waals surface area contributed by atoms with Gasteiger partial charge in [0.2, 0.25) is 5.91 Å². The van der Waals surface area contributed by atoms with Crippen molar-refractivity contribution in [3.8, 4) is 11.3 Å². The number of carbonyl (C=O) groups excluding carboxylic acids is 1. The Labute approximate surface area is 188 Å². The summed E-state index contributed by atoms with van der Waals surface area (Å²) in [6.45, 7) is 1.28. The zero-order valence-electron chi connectivity index (χ0n) is 18.1. The van der Waals surface area contributed by atoms with Crippen LogP contribution >= 0.6 is 0 Å². The van der Waals surface area contributed by atoms with E-state index in [0.29, 0.717) is 13.1 Å². The summed E-state index contributed by atoms with van der Waals surface area (Å²) >= 11 is 0. The molecule has 0 fully saturated rings. The second kappa shape index (κ2) is 10.4. The predicted octanol–water partition coefficient (Wildman–Crippen LogP) is 4.71. The Hall–Kier alpha value is -3.99. The maximum absolute atomic E-state index is 12.7. The number of carbonyl (C=O) groups is 1. The number of hydrogen-bond donors (Lipinski definition) is 0. The second-order valence-corrected chi connectivity index (χ2v) is 7.65. The molecular formula is C27H26N4O. The van der Waals surface area contributed by atoms with Crippen LogP contribution in [0.5, 0.6) is 0 Å². The van der Waals surface area contributed by atoms with Gasteiger partial charge in [-0.1, -0.05) is 66.7 Å². The minimum atomic E-state index is -0.0456. The molecule has 4 rings (SSSR count). The smallest absolute Gasteiger partial charge is 0.246 e. The predicted molar refractivity (Wildman–Crippen MR) is 128 cm³/mol. The molecule has 0 N–H and O–H groups in total. The number of likely N-dealkylation sites (N-methyl/N-ethyl adjacent to an activating group) is 1.